The normalized spacial score (nSPS) is 21.2. The number of nitrogens with one attached hydrogen (secondary N) is 3. The molecule has 0 aliphatic heterocycles. The molecular formula is C31H47N3O3. The molecule has 3 N–H and O–H groups in total. The predicted octanol–water partition coefficient (Wildman–Crippen LogP) is 7.66. The monoisotopic (exact) mass is 509 g/mol. The minimum absolute atomic E-state index is 0.00273. The van der Waals surface area contributed by atoms with Gasteiger partial charge in [-0.3, -0.25) is 14.4 Å². The smallest absolute Gasteiger partial charge is 0.231 e. The van der Waals surface area contributed by atoms with Crippen LogP contribution in [0.3, 0.4) is 0 Å². The highest BCUT2D eigenvalue weighted by molar-refractivity contribution is 6.08. The van der Waals surface area contributed by atoms with Crippen molar-refractivity contribution in [3.05, 3.63) is 18.2 Å². The van der Waals surface area contributed by atoms with Gasteiger partial charge >= 0.3 is 0 Å². The van der Waals surface area contributed by atoms with Crippen molar-refractivity contribution < 1.29 is 14.4 Å². The first-order valence-corrected chi connectivity index (χ1v) is 14.8. The van der Waals surface area contributed by atoms with Gasteiger partial charge in [0.15, 0.2) is 0 Å². The molecule has 1 aromatic rings. The van der Waals surface area contributed by atoms with Gasteiger partial charge in [-0.05, 0) is 56.1 Å². The van der Waals surface area contributed by atoms with Gasteiger partial charge in [0, 0.05) is 11.8 Å². The number of hydrogen-bond acceptors (Lipinski definition) is 3. The van der Waals surface area contributed by atoms with Crippen molar-refractivity contribution in [2.75, 3.05) is 16.0 Å². The van der Waals surface area contributed by atoms with E-state index in [0.717, 1.165) is 83.5 Å². The Bertz CT molecular complexity index is 912. The van der Waals surface area contributed by atoms with E-state index in [1.807, 2.05) is 18.2 Å². The Hall–Kier alpha value is -2.37. The summed E-state index contributed by atoms with van der Waals surface area (Å²) in [4.78, 5) is 40.5. The first kappa shape index (κ1) is 27.7. The van der Waals surface area contributed by atoms with Crippen LogP contribution >= 0.6 is 0 Å². The molecule has 3 aliphatic rings. The number of para-hydroxylation sites is 1. The molecule has 0 spiro atoms. The van der Waals surface area contributed by atoms with Gasteiger partial charge in [-0.15, -0.1) is 0 Å². The lowest BCUT2D eigenvalue weighted by Gasteiger charge is -2.46. The van der Waals surface area contributed by atoms with Crippen LogP contribution in [0, 0.1) is 22.7 Å². The van der Waals surface area contributed by atoms with Crippen LogP contribution in [0.25, 0.3) is 0 Å². The summed E-state index contributed by atoms with van der Waals surface area (Å²) in [7, 11) is 0. The lowest BCUT2D eigenvalue weighted by molar-refractivity contribution is -0.135. The van der Waals surface area contributed by atoms with Crippen LogP contribution in [0.2, 0.25) is 0 Å². The fourth-order valence-corrected chi connectivity index (χ4v) is 6.80. The lowest BCUT2D eigenvalue weighted by atomic mass is 9.59. The zero-order valence-electron chi connectivity index (χ0n) is 23.2. The van der Waals surface area contributed by atoms with E-state index in [4.69, 9.17) is 0 Å². The first-order chi connectivity index (χ1) is 17.7. The molecule has 3 fully saturated rings. The van der Waals surface area contributed by atoms with Gasteiger partial charge < -0.3 is 16.0 Å². The highest BCUT2D eigenvalue weighted by atomic mass is 16.2. The first-order valence-electron chi connectivity index (χ1n) is 14.8. The zero-order valence-corrected chi connectivity index (χ0v) is 23.2. The highest BCUT2D eigenvalue weighted by Crippen LogP contribution is 2.51. The van der Waals surface area contributed by atoms with Crippen molar-refractivity contribution in [2.24, 2.45) is 22.7 Å². The van der Waals surface area contributed by atoms with Gasteiger partial charge in [-0.1, -0.05) is 84.6 Å². The molecule has 37 heavy (non-hydrogen) atoms. The molecule has 6 heteroatoms. The summed E-state index contributed by atoms with van der Waals surface area (Å²) in [6.07, 6.45) is 15.2. The number of anilines is 3. The predicted molar refractivity (Wildman–Crippen MR) is 150 cm³/mol. The minimum Gasteiger partial charge on any atom is -0.324 e. The van der Waals surface area contributed by atoms with Gasteiger partial charge in [0.05, 0.1) is 22.5 Å². The summed E-state index contributed by atoms with van der Waals surface area (Å²) in [5, 5.41) is 9.50. The molecule has 0 bridgehead atoms. The van der Waals surface area contributed by atoms with E-state index in [1.54, 1.807) is 0 Å². The van der Waals surface area contributed by atoms with E-state index in [1.165, 1.54) is 12.8 Å². The Labute approximate surface area is 223 Å². The molecule has 0 atom stereocenters. The van der Waals surface area contributed by atoms with Gasteiger partial charge in [0.1, 0.15) is 0 Å². The van der Waals surface area contributed by atoms with Crippen molar-refractivity contribution in [3.8, 4) is 0 Å². The lowest BCUT2D eigenvalue weighted by Crippen LogP contribution is -2.47. The standard InChI is InChI=1S/C31H47N3O3/c1-30(2,3)31(20-11-6-12-21-31)29(37)34-26-24(32-27(35)22-14-7-4-8-15-22)18-13-19-25(26)33-28(36)23-16-9-5-10-17-23/h13,18-19,22-23H,4-12,14-17,20-21H2,1-3H3,(H,32,35)(H,33,36)(H,34,37). The average molecular weight is 510 g/mol. The molecule has 3 aliphatic carbocycles. The molecule has 0 saturated heterocycles. The Kier molecular flexibility index (Phi) is 8.97. The van der Waals surface area contributed by atoms with Gasteiger partial charge in [-0.2, -0.15) is 0 Å². The van der Waals surface area contributed by atoms with Crippen molar-refractivity contribution in [1.82, 2.24) is 0 Å². The molecular weight excluding hydrogens is 462 g/mol. The molecule has 0 unspecified atom stereocenters. The van der Waals surface area contributed by atoms with Gasteiger partial charge in [-0.25, -0.2) is 0 Å². The maximum absolute atomic E-state index is 14.1. The summed E-state index contributed by atoms with van der Waals surface area (Å²) in [5.74, 6) is 0.00430. The number of hydrogen-bond donors (Lipinski definition) is 3. The zero-order chi connectivity index (χ0) is 26.5. The second-order valence-electron chi connectivity index (χ2n) is 12.7. The van der Waals surface area contributed by atoms with Crippen LogP contribution in [0.5, 0.6) is 0 Å². The molecule has 1 aromatic carbocycles. The molecule has 3 saturated carbocycles. The quantitative estimate of drug-likeness (QED) is 0.368. The number of amides is 3. The van der Waals surface area contributed by atoms with Crippen molar-refractivity contribution in [2.45, 2.75) is 117 Å². The van der Waals surface area contributed by atoms with E-state index in [9.17, 15) is 14.4 Å². The summed E-state index contributed by atoms with van der Waals surface area (Å²) >= 11 is 0. The van der Waals surface area contributed by atoms with Crippen LogP contribution in [-0.4, -0.2) is 17.7 Å². The summed E-state index contributed by atoms with van der Waals surface area (Å²) in [6, 6.07) is 5.54. The van der Waals surface area contributed by atoms with Gasteiger partial charge in [0.25, 0.3) is 0 Å². The Balaban J connectivity index is 1.64. The topological polar surface area (TPSA) is 87.3 Å². The van der Waals surface area contributed by atoms with E-state index in [-0.39, 0.29) is 35.0 Å². The third-order valence-corrected chi connectivity index (χ3v) is 9.35. The molecule has 0 radical (unpaired) electrons. The largest absolute Gasteiger partial charge is 0.324 e. The van der Waals surface area contributed by atoms with E-state index in [2.05, 4.69) is 36.7 Å². The Morgan fingerprint density at radius 1 is 0.676 bits per heavy atom. The van der Waals surface area contributed by atoms with Crippen LogP contribution in [0.15, 0.2) is 18.2 Å². The molecule has 0 heterocycles. The summed E-state index contributed by atoms with van der Waals surface area (Å²) < 4.78 is 0. The van der Waals surface area contributed by atoms with Crippen molar-refractivity contribution in [3.63, 3.8) is 0 Å². The number of carbonyl (C=O) groups is 3. The second-order valence-corrected chi connectivity index (χ2v) is 12.7. The fourth-order valence-electron chi connectivity index (χ4n) is 6.80. The third-order valence-electron chi connectivity index (χ3n) is 9.35. The van der Waals surface area contributed by atoms with Crippen molar-refractivity contribution >= 4 is 34.8 Å². The average Bonchev–Trinajstić information content (AvgIpc) is 2.91. The van der Waals surface area contributed by atoms with Crippen LogP contribution in [0.1, 0.15) is 117 Å². The molecule has 3 amide bonds. The van der Waals surface area contributed by atoms with Crippen LogP contribution in [0.4, 0.5) is 17.1 Å². The Morgan fingerprint density at radius 2 is 1.11 bits per heavy atom. The highest BCUT2D eigenvalue weighted by Gasteiger charge is 2.48. The third kappa shape index (κ3) is 6.38. The summed E-state index contributed by atoms with van der Waals surface area (Å²) in [6.45, 7) is 6.46. The second kappa shape index (κ2) is 12.0. The number of carbonyl (C=O) groups excluding carboxylic acids is 3. The molecule has 0 aromatic heterocycles. The molecule has 4 rings (SSSR count). The van der Waals surface area contributed by atoms with E-state index in [0.29, 0.717) is 17.1 Å². The number of benzene rings is 1. The minimum atomic E-state index is -0.490. The van der Waals surface area contributed by atoms with E-state index >= 15 is 0 Å². The van der Waals surface area contributed by atoms with E-state index < -0.39 is 5.41 Å². The molecule has 6 nitrogen and oxygen atoms in total. The SMILES string of the molecule is CC(C)(C)C1(C(=O)Nc2c(NC(=O)C3CCCCC3)cccc2NC(=O)C2CCCCC2)CCCCC1. The van der Waals surface area contributed by atoms with Crippen LogP contribution in [-0.2, 0) is 14.4 Å². The fraction of sp³-hybridized carbons (Fsp3) is 0.710. The molecule has 204 valence electrons. The maximum atomic E-state index is 14.1. The van der Waals surface area contributed by atoms with Crippen LogP contribution < -0.4 is 16.0 Å². The van der Waals surface area contributed by atoms with Crippen molar-refractivity contribution in [1.29, 1.82) is 0 Å². The summed E-state index contributed by atoms with van der Waals surface area (Å²) in [5.41, 5.74) is 0.977. The van der Waals surface area contributed by atoms with Gasteiger partial charge in [0.2, 0.25) is 17.7 Å². The Morgan fingerprint density at radius 3 is 1.54 bits per heavy atom. The maximum Gasteiger partial charge on any atom is 0.231 e. The number of rotatable bonds is 6.